The summed E-state index contributed by atoms with van der Waals surface area (Å²) in [5.41, 5.74) is 1.77. The van der Waals surface area contributed by atoms with Gasteiger partial charge in [-0.25, -0.2) is 0 Å². The molecule has 0 bridgehead atoms. The molecule has 0 fully saturated rings. The molecule has 0 atom stereocenters. The highest BCUT2D eigenvalue weighted by atomic mass is 35.5. The van der Waals surface area contributed by atoms with Crippen molar-refractivity contribution >= 4 is 46.4 Å². The normalized spacial score (nSPS) is 10.7. The predicted molar refractivity (Wildman–Crippen MR) is 96.1 cm³/mol. The van der Waals surface area contributed by atoms with Gasteiger partial charge in [0.25, 0.3) is 5.91 Å². The molecule has 0 aliphatic carbocycles. The first-order valence-corrected chi connectivity index (χ1v) is 8.07. The number of benzene rings is 2. The van der Waals surface area contributed by atoms with Crippen LogP contribution >= 0.6 is 34.8 Å². The summed E-state index contributed by atoms with van der Waals surface area (Å²) in [6, 6.07) is 11.9. The fourth-order valence-electron chi connectivity index (χ4n) is 2.30. The van der Waals surface area contributed by atoms with Gasteiger partial charge in [-0.15, -0.1) is 0 Å². The average Bonchev–Trinajstić information content (AvgIpc) is 2.88. The molecule has 0 saturated heterocycles. The second kappa shape index (κ2) is 6.85. The molecule has 0 unspecified atom stereocenters. The van der Waals surface area contributed by atoms with Crippen LogP contribution in [0.1, 0.15) is 16.1 Å². The maximum absolute atomic E-state index is 12.7. The van der Waals surface area contributed by atoms with Crippen LogP contribution in [-0.4, -0.2) is 11.1 Å². The monoisotopic (exact) mass is 380 g/mol. The van der Waals surface area contributed by atoms with Crippen LogP contribution in [0.5, 0.6) is 0 Å². The first-order chi connectivity index (χ1) is 11.5. The molecule has 1 heterocycles. The third-order valence-electron chi connectivity index (χ3n) is 3.34. The molecule has 3 aromatic rings. The van der Waals surface area contributed by atoms with E-state index in [4.69, 9.17) is 39.3 Å². The molecule has 0 aliphatic heterocycles. The smallest absolute Gasteiger partial charge is 0.261 e. The molecule has 2 aromatic carbocycles. The van der Waals surface area contributed by atoms with Crippen LogP contribution in [0.2, 0.25) is 15.1 Å². The maximum Gasteiger partial charge on any atom is 0.261 e. The number of nitrogens with zero attached hydrogens (tertiary/aromatic N) is 1. The highest BCUT2D eigenvalue weighted by Crippen LogP contribution is 2.32. The number of halogens is 3. The number of carbonyl (C=O) groups is 1. The summed E-state index contributed by atoms with van der Waals surface area (Å²) in [4.78, 5) is 12.7. The third-order valence-corrected chi connectivity index (χ3v) is 4.11. The first kappa shape index (κ1) is 16.8. The molecular formula is C17H11Cl3N2O2. The molecular weight excluding hydrogens is 371 g/mol. The van der Waals surface area contributed by atoms with E-state index in [2.05, 4.69) is 10.5 Å². The lowest BCUT2D eigenvalue weighted by molar-refractivity contribution is 0.102. The van der Waals surface area contributed by atoms with E-state index >= 15 is 0 Å². The molecule has 0 aliphatic rings. The van der Waals surface area contributed by atoms with Crippen molar-refractivity contribution in [3.05, 3.63) is 68.9 Å². The highest BCUT2D eigenvalue weighted by molar-refractivity contribution is 6.35. The minimum atomic E-state index is -0.387. The van der Waals surface area contributed by atoms with E-state index in [0.29, 0.717) is 43.3 Å². The predicted octanol–water partition coefficient (Wildman–Crippen LogP) is 5.86. The van der Waals surface area contributed by atoms with Gasteiger partial charge in [-0.3, -0.25) is 4.79 Å². The molecule has 3 rings (SSSR count). The molecule has 7 heteroatoms. The second-order valence-corrected chi connectivity index (χ2v) is 6.33. The van der Waals surface area contributed by atoms with Crippen molar-refractivity contribution in [3.8, 4) is 11.3 Å². The lowest BCUT2D eigenvalue weighted by atomic mass is 10.1. The molecule has 0 saturated carbocycles. The molecule has 0 radical (unpaired) electrons. The maximum atomic E-state index is 12.7. The summed E-state index contributed by atoms with van der Waals surface area (Å²) in [7, 11) is 0. The van der Waals surface area contributed by atoms with Gasteiger partial charge in [0.1, 0.15) is 17.0 Å². The Hall–Kier alpha value is -2.01. The topological polar surface area (TPSA) is 55.1 Å². The Bertz CT molecular complexity index is 902. The number of nitrogens with one attached hydrogen (secondary N) is 1. The zero-order valence-corrected chi connectivity index (χ0v) is 14.7. The third kappa shape index (κ3) is 3.41. The van der Waals surface area contributed by atoms with Crippen molar-refractivity contribution in [3.63, 3.8) is 0 Å². The van der Waals surface area contributed by atoms with Crippen molar-refractivity contribution < 1.29 is 9.32 Å². The Balaban J connectivity index is 1.99. The van der Waals surface area contributed by atoms with Gasteiger partial charge in [0, 0.05) is 21.3 Å². The van der Waals surface area contributed by atoms with Gasteiger partial charge in [-0.1, -0.05) is 58.2 Å². The Labute approximate surface area is 153 Å². The van der Waals surface area contributed by atoms with E-state index in [1.807, 2.05) is 6.07 Å². The number of amides is 1. The zero-order chi connectivity index (χ0) is 17.3. The molecule has 24 heavy (non-hydrogen) atoms. The molecule has 0 spiro atoms. The number of carbonyl (C=O) groups excluding carboxylic acids is 1. The van der Waals surface area contributed by atoms with Crippen molar-refractivity contribution in [2.45, 2.75) is 6.92 Å². The minimum Gasteiger partial charge on any atom is -0.360 e. The van der Waals surface area contributed by atoms with Crippen LogP contribution in [0.4, 0.5) is 5.69 Å². The van der Waals surface area contributed by atoms with Gasteiger partial charge in [0.05, 0.1) is 5.02 Å². The van der Waals surface area contributed by atoms with Gasteiger partial charge in [-0.05, 0) is 31.2 Å². The van der Waals surface area contributed by atoms with E-state index in [0.717, 1.165) is 0 Å². The summed E-state index contributed by atoms with van der Waals surface area (Å²) >= 11 is 18.1. The summed E-state index contributed by atoms with van der Waals surface area (Å²) in [5.74, 6) is -0.00227. The van der Waals surface area contributed by atoms with Gasteiger partial charge >= 0.3 is 0 Å². The zero-order valence-electron chi connectivity index (χ0n) is 12.4. The van der Waals surface area contributed by atoms with Gasteiger partial charge in [0.2, 0.25) is 0 Å². The summed E-state index contributed by atoms with van der Waals surface area (Å²) in [6.07, 6.45) is 0. The van der Waals surface area contributed by atoms with Gasteiger partial charge < -0.3 is 9.84 Å². The number of aromatic nitrogens is 1. The highest BCUT2D eigenvalue weighted by Gasteiger charge is 2.23. The SMILES string of the molecule is Cc1onc(-c2ccccc2Cl)c1C(=O)Nc1cc(Cl)cc(Cl)c1. The van der Waals surface area contributed by atoms with Crippen LogP contribution in [0.3, 0.4) is 0 Å². The lowest BCUT2D eigenvalue weighted by Gasteiger charge is -2.07. The second-order valence-electron chi connectivity index (χ2n) is 5.05. The number of aryl methyl sites for hydroxylation is 1. The molecule has 1 N–H and O–H groups in total. The number of anilines is 1. The summed E-state index contributed by atoms with van der Waals surface area (Å²) in [6.45, 7) is 1.66. The summed E-state index contributed by atoms with van der Waals surface area (Å²) < 4.78 is 5.19. The number of hydrogen-bond acceptors (Lipinski definition) is 3. The Morgan fingerprint density at radius 2 is 1.75 bits per heavy atom. The van der Waals surface area contributed by atoms with Crippen molar-refractivity contribution in [1.82, 2.24) is 5.16 Å². The van der Waals surface area contributed by atoms with E-state index in [1.54, 1.807) is 43.3 Å². The van der Waals surface area contributed by atoms with E-state index in [-0.39, 0.29) is 5.91 Å². The fourth-order valence-corrected chi connectivity index (χ4v) is 3.05. The van der Waals surface area contributed by atoms with E-state index < -0.39 is 0 Å². The largest absolute Gasteiger partial charge is 0.360 e. The fraction of sp³-hybridized carbons (Fsp3) is 0.0588. The van der Waals surface area contributed by atoms with Gasteiger partial charge in [-0.2, -0.15) is 0 Å². The quantitative estimate of drug-likeness (QED) is 0.618. The van der Waals surface area contributed by atoms with E-state index in [1.165, 1.54) is 0 Å². The molecule has 122 valence electrons. The Morgan fingerprint density at radius 1 is 1.08 bits per heavy atom. The van der Waals surface area contributed by atoms with Crippen LogP contribution in [0, 0.1) is 6.92 Å². The molecule has 4 nitrogen and oxygen atoms in total. The first-order valence-electron chi connectivity index (χ1n) is 6.94. The molecule has 1 aromatic heterocycles. The van der Waals surface area contributed by atoms with Gasteiger partial charge in [0.15, 0.2) is 0 Å². The van der Waals surface area contributed by atoms with Crippen molar-refractivity contribution in [1.29, 1.82) is 0 Å². The molecule has 1 amide bonds. The Kier molecular flexibility index (Phi) is 4.81. The van der Waals surface area contributed by atoms with E-state index in [9.17, 15) is 4.79 Å². The lowest BCUT2D eigenvalue weighted by Crippen LogP contribution is -2.13. The average molecular weight is 382 g/mol. The van der Waals surface area contributed by atoms with Crippen LogP contribution in [0.15, 0.2) is 47.0 Å². The standard InChI is InChI=1S/C17H11Cl3N2O2/c1-9-15(16(22-24-9)13-4-2-3-5-14(13)20)17(23)21-12-7-10(18)6-11(19)8-12/h2-8H,1H3,(H,21,23). The van der Waals surface area contributed by atoms with Crippen LogP contribution in [0.25, 0.3) is 11.3 Å². The van der Waals surface area contributed by atoms with Crippen molar-refractivity contribution in [2.24, 2.45) is 0 Å². The summed E-state index contributed by atoms with van der Waals surface area (Å²) in [5, 5.41) is 8.04. The Morgan fingerprint density at radius 3 is 2.42 bits per heavy atom. The van der Waals surface area contributed by atoms with Crippen LogP contribution in [-0.2, 0) is 0 Å². The van der Waals surface area contributed by atoms with Crippen molar-refractivity contribution in [2.75, 3.05) is 5.32 Å². The number of hydrogen-bond donors (Lipinski definition) is 1. The minimum absolute atomic E-state index is 0.305. The van der Waals surface area contributed by atoms with Crippen LogP contribution < -0.4 is 5.32 Å². The number of rotatable bonds is 3.